The number of nitrogens with zero attached hydrogens (tertiary/aromatic N) is 2. The van der Waals surface area contributed by atoms with E-state index in [0.717, 1.165) is 6.54 Å². The molecule has 0 spiro atoms. The molecule has 0 radical (unpaired) electrons. The van der Waals surface area contributed by atoms with Gasteiger partial charge in [-0.15, -0.1) is 0 Å². The molecule has 1 aliphatic heterocycles. The van der Waals surface area contributed by atoms with Crippen molar-refractivity contribution in [3.8, 4) is 6.07 Å². The molecule has 1 N–H and O–H groups in total. The summed E-state index contributed by atoms with van der Waals surface area (Å²) in [5, 5.41) is 12.0. The predicted octanol–water partition coefficient (Wildman–Crippen LogP) is 1.36. The van der Waals surface area contributed by atoms with Gasteiger partial charge in [0.1, 0.15) is 0 Å². The highest BCUT2D eigenvalue weighted by molar-refractivity contribution is 4.81. The Morgan fingerprint density at radius 3 is 2.50 bits per heavy atom. The summed E-state index contributed by atoms with van der Waals surface area (Å²) >= 11 is 0. The van der Waals surface area contributed by atoms with Gasteiger partial charge in [0.05, 0.1) is 12.5 Å². The van der Waals surface area contributed by atoms with Crippen LogP contribution in [0.3, 0.4) is 0 Å². The molecule has 0 amide bonds. The average Bonchev–Trinajstić information content (AvgIpc) is 2.56. The van der Waals surface area contributed by atoms with Gasteiger partial charge in [-0.1, -0.05) is 0 Å². The van der Waals surface area contributed by atoms with Crippen LogP contribution in [-0.4, -0.2) is 36.6 Å². The van der Waals surface area contributed by atoms with Crippen LogP contribution in [0.2, 0.25) is 0 Å². The molecule has 1 rings (SSSR count). The summed E-state index contributed by atoms with van der Waals surface area (Å²) in [5.74, 6) is 0. The van der Waals surface area contributed by atoms with Crippen LogP contribution in [0.15, 0.2) is 0 Å². The maximum atomic E-state index is 8.53. The minimum absolute atomic E-state index is 0.317. The zero-order valence-corrected chi connectivity index (χ0v) is 9.29. The fourth-order valence-electron chi connectivity index (χ4n) is 2.09. The summed E-state index contributed by atoms with van der Waals surface area (Å²) in [6, 6.07) is 3.00. The van der Waals surface area contributed by atoms with Gasteiger partial charge >= 0.3 is 0 Å². The monoisotopic (exact) mass is 195 g/mol. The summed E-state index contributed by atoms with van der Waals surface area (Å²) in [6.07, 6.45) is 3.30. The second kappa shape index (κ2) is 6.00. The Bertz CT molecular complexity index is 191. The highest BCUT2D eigenvalue weighted by Gasteiger charge is 2.15. The third-order valence-electron chi connectivity index (χ3n) is 2.70. The molecule has 0 aromatic heterocycles. The SMILES string of the molecule is CC(CC#N)NC(C)CN1CCCC1. The van der Waals surface area contributed by atoms with E-state index in [4.69, 9.17) is 5.26 Å². The summed E-state index contributed by atoms with van der Waals surface area (Å²) in [6.45, 7) is 7.89. The van der Waals surface area contributed by atoms with E-state index >= 15 is 0 Å². The van der Waals surface area contributed by atoms with Crippen molar-refractivity contribution < 1.29 is 0 Å². The van der Waals surface area contributed by atoms with Crippen molar-refractivity contribution in [1.82, 2.24) is 10.2 Å². The van der Waals surface area contributed by atoms with Crippen LogP contribution in [0.25, 0.3) is 0 Å². The standard InChI is InChI=1S/C11H21N3/c1-10(5-6-12)13-11(2)9-14-7-3-4-8-14/h10-11,13H,3-5,7-9H2,1-2H3. The van der Waals surface area contributed by atoms with E-state index in [-0.39, 0.29) is 0 Å². The Balaban J connectivity index is 2.14. The van der Waals surface area contributed by atoms with Crippen molar-refractivity contribution in [1.29, 1.82) is 5.26 Å². The quantitative estimate of drug-likeness (QED) is 0.720. The van der Waals surface area contributed by atoms with E-state index in [0.29, 0.717) is 18.5 Å². The first kappa shape index (κ1) is 11.5. The lowest BCUT2D eigenvalue weighted by Gasteiger charge is -2.23. The summed E-state index contributed by atoms with van der Waals surface area (Å²) in [4.78, 5) is 2.50. The Hall–Kier alpha value is -0.590. The molecule has 0 aromatic rings. The minimum atomic E-state index is 0.317. The number of nitriles is 1. The third-order valence-corrected chi connectivity index (χ3v) is 2.70. The molecule has 2 unspecified atom stereocenters. The van der Waals surface area contributed by atoms with Crippen LogP contribution >= 0.6 is 0 Å². The lowest BCUT2D eigenvalue weighted by atomic mass is 10.2. The summed E-state index contributed by atoms with van der Waals surface area (Å²) < 4.78 is 0. The fraction of sp³-hybridized carbons (Fsp3) is 0.909. The maximum Gasteiger partial charge on any atom is 0.0638 e. The van der Waals surface area contributed by atoms with Gasteiger partial charge in [-0.25, -0.2) is 0 Å². The summed E-state index contributed by atoms with van der Waals surface area (Å²) in [7, 11) is 0. The van der Waals surface area contributed by atoms with Gasteiger partial charge in [0.15, 0.2) is 0 Å². The van der Waals surface area contributed by atoms with Crippen molar-refractivity contribution >= 4 is 0 Å². The van der Waals surface area contributed by atoms with Crippen molar-refractivity contribution in [2.45, 2.75) is 45.2 Å². The molecule has 0 saturated carbocycles. The minimum Gasteiger partial charge on any atom is -0.309 e. The molecule has 1 heterocycles. The number of rotatable bonds is 5. The summed E-state index contributed by atoms with van der Waals surface area (Å²) in [5.41, 5.74) is 0. The molecule has 3 nitrogen and oxygen atoms in total. The van der Waals surface area contributed by atoms with Crippen molar-refractivity contribution in [3.63, 3.8) is 0 Å². The largest absolute Gasteiger partial charge is 0.309 e. The van der Waals surface area contributed by atoms with Crippen molar-refractivity contribution in [3.05, 3.63) is 0 Å². The van der Waals surface area contributed by atoms with Crippen molar-refractivity contribution in [2.24, 2.45) is 0 Å². The van der Waals surface area contributed by atoms with Gasteiger partial charge in [0.25, 0.3) is 0 Å². The van der Waals surface area contributed by atoms with E-state index in [1.807, 2.05) is 0 Å². The second-order valence-corrected chi connectivity index (χ2v) is 4.34. The highest BCUT2D eigenvalue weighted by Crippen LogP contribution is 2.07. The maximum absolute atomic E-state index is 8.53. The lowest BCUT2D eigenvalue weighted by Crippen LogP contribution is -2.42. The lowest BCUT2D eigenvalue weighted by molar-refractivity contribution is 0.289. The van der Waals surface area contributed by atoms with E-state index < -0.39 is 0 Å². The second-order valence-electron chi connectivity index (χ2n) is 4.34. The van der Waals surface area contributed by atoms with Crippen LogP contribution < -0.4 is 5.32 Å². The molecule has 0 bridgehead atoms. The zero-order valence-electron chi connectivity index (χ0n) is 9.29. The molecular formula is C11H21N3. The molecule has 0 aliphatic carbocycles. The molecule has 0 aromatic carbocycles. The predicted molar refractivity (Wildman–Crippen MR) is 58.0 cm³/mol. The number of likely N-dealkylation sites (tertiary alicyclic amines) is 1. The van der Waals surface area contributed by atoms with Gasteiger partial charge < -0.3 is 10.2 Å². The molecule has 2 atom stereocenters. The molecule has 14 heavy (non-hydrogen) atoms. The molecule has 1 saturated heterocycles. The Labute approximate surface area is 87.1 Å². The number of hydrogen-bond acceptors (Lipinski definition) is 3. The Morgan fingerprint density at radius 1 is 1.29 bits per heavy atom. The van der Waals surface area contributed by atoms with E-state index in [2.05, 4.69) is 30.1 Å². The topological polar surface area (TPSA) is 39.1 Å². The van der Waals surface area contributed by atoms with E-state index in [9.17, 15) is 0 Å². The van der Waals surface area contributed by atoms with Gasteiger partial charge in [-0.05, 0) is 39.8 Å². The van der Waals surface area contributed by atoms with Gasteiger partial charge in [0, 0.05) is 18.6 Å². The Kier molecular flexibility index (Phi) is 4.92. The molecule has 1 aliphatic rings. The average molecular weight is 195 g/mol. The van der Waals surface area contributed by atoms with Gasteiger partial charge in [-0.2, -0.15) is 5.26 Å². The number of hydrogen-bond donors (Lipinski definition) is 1. The van der Waals surface area contributed by atoms with Crippen molar-refractivity contribution in [2.75, 3.05) is 19.6 Å². The van der Waals surface area contributed by atoms with Crippen LogP contribution in [-0.2, 0) is 0 Å². The van der Waals surface area contributed by atoms with Crippen LogP contribution in [0.4, 0.5) is 0 Å². The smallest absolute Gasteiger partial charge is 0.0638 e. The van der Waals surface area contributed by atoms with Crippen LogP contribution in [0.1, 0.15) is 33.1 Å². The zero-order chi connectivity index (χ0) is 10.4. The van der Waals surface area contributed by atoms with E-state index in [1.165, 1.54) is 25.9 Å². The van der Waals surface area contributed by atoms with Crippen LogP contribution in [0, 0.1) is 11.3 Å². The molecular weight excluding hydrogens is 174 g/mol. The van der Waals surface area contributed by atoms with Gasteiger partial charge in [-0.3, -0.25) is 0 Å². The first-order chi connectivity index (χ1) is 6.72. The van der Waals surface area contributed by atoms with Crippen LogP contribution in [0.5, 0.6) is 0 Å². The normalized spacial score (nSPS) is 21.8. The Morgan fingerprint density at radius 2 is 1.93 bits per heavy atom. The first-order valence-electron chi connectivity index (χ1n) is 5.57. The molecule has 1 fully saturated rings. The highest BCUT2D eigenvalue weighted by atomic mass is 15.2. The first-order valence-corrected chi connectivity index (χ1v) is 5.57. The van der Waals surface area contributed by atoms with Gasteiger partial charge in [0.2, 0.25) is 0 Å². The van der Waals surface area contributed by atoms with E-state index in [1.54, 1.807) is 0 Å². The molecule has 80 valence electrons. The molecule has 3 heteroatoms. The third kappa shape index (κ3) is 4.08. The fourth-order valence-corrected chi connectivity index (χ4v) is 2.09. The number of nitrogens with one attached hydrogen (secondary N) is 1.